The smallest absolute Gasteiger partial charge is 0.360 e. The summed E-state index contributed by atoms with van der Waals surface area (Å²) in [5.41, 5.74) is 1.11. The van der Waals surface area contributed by atoms with Crippen molar-refractivity contribution in [2.24, 2.45) is 0 Å². The maximum Gasteiger partial charge on any atom is 0.360 e. The van der Waals surface area contributed by atoms with Gasteiger partial charge in [-0.2, -0.15) is 0 Å². The third-order valence-corrected chi connectivity index (χ3v) is 2.73. The number of esters is 1. The van der Waals surface area contributed by atoms with Gasteiger partial charge in [0.25, 0.3) is 0 Å². The number of unbranched alkanes of at least 4 members (excludes halogenated alkanes) is 2. The average Bonchev–Trinajstić information content (AvgIpc) is 2.77. The topological polar surface area (TPSA) is 77.2 Å². The second-order valence-corrected chi connectivity index (χ2v) is 4.48. The highest BCUT2D eigenvalue weighted by atomic mass is 16.5. The summed E-state index contributed by atoms with van der Waals surface area (Å²) >= 11 is 0. The standard InChI is InChI=1S/C12H21N3O3/c1-9(2)11-10(12(17)18-3)13-14-15(11)7-5-4-6-8-16/h9,16H,4-8H2,1-3H3. The minimum atomic E-state index is -0.444. The predicted molar refractivity (Wildman–Crippen MR) is 66.4 cm³/mol. The fourth-order valence-corrected chi connectivity index (χ4v) is 1.85. The number of aliphatic hydroxyl groups is 1. The van der Waals surface area contributed by atoms with Crippen molar-refractivity contribution in [3.05, 3.63) is 11.4 Å². The first kappa shape index (κ1) is 14.6. The maximum absolute atomic E-state index is 11.6. The minimum Gasteiger partial charge on any atom is -0.464 e. The van der Waals surface area contributed by atoms with E-state index in [4.69, 9.17) is 9.84 Å². The van der Waals surface area contributed by atoms with Crippen molar-refractivity contribution >= 4 is 5.97 Å². The fourth-order valence-electron chi connectivity index (χ4n) is 1.85. The van der Waals surface area contributed by atoms with Crippen LogP contribution in [0, 0.1) is 0 Å². The van der Waals surface area contributed by atoms with Gasteiger partial charge in [-0.3, -0.25) is 0 Å². The molecule has 0 aliphatic carbocycles. The Hall–Kier alpha value is -1.43. The van der Waals surface area contributed by atoms with Gasteiger partial charge in [-0.15, -0.1) is 5.10 Å². The van der Waals surface area contributed by atoms with Gasteiger partial charge >= 0.3 is 5.97 Å². The molecule has 0 atom stereocenters. The van der Waals surface area contributed by atoms with E-state index in [2.05, 4.69) is 10.3 Å². The Morgan fingerprint density at radius 2 is 2.11 bits per heavy atom. The number of aryl methyl sites for hydroxylation is 1. The third-order valence-electron chi connectivity index (χ3n) is 2.73. The summed E-state index contributed by atoms with van der Waals surface area (Å²) in [4.78, 5) is 11.6. The Bertz CT molecular complexity index is 388. The molecule has 0 radical (unpaired) electrons. The molecular formula is C12H21N3O3. The van der Waals surface area contributed by atoms with E-state index < -0.39 is 5.97 Å². The van der Waals surface area contributed by atoms with Crippen molar-refractivity contribution in [3.8, 4) is 0 Å². The number of aliphatic hydroxyl groups excluding tert-OH is 1. The van der Waals surface area contributed by atoms with Gasteiger partial charge in [-0.25, -0.2) is 9.48 Å². The Balaban J connectivity index is 2.79. The van der Waals surface area contributed by atoms with Crippen molar-refractivity contribution in [1.29, 1.82) is 0 Å². The quantitative estimate of drug-likeness (QED) is 0.588. The summed E-state index contributed by atoms with van der Waals surface area (Å²) in [6.45, 7) is 4.91. The molecule has 1 aromatic heterocycles. The molecule has 0 aliphatic rings. The molecular weight excluding hydrogens is 234 g/mol. The van der Waals surface area contributed by atoms with Crippen LogP contribution in [0.25, 0.3) is 0 Å². The van der Waals surface area contributed by atoms with Gasteiger partial charge in [-0.05, 0) is 25.2 Å². The number of rotatable bonds is 7. The Morgan fingerprint density at radius 1 is 1.39 bits per heavy atom. The van der Waals surface area contributed by atoms with Crippen molar-refractivity contribution in [1.82, 2.24) is 15.0 Å². The van der Waals surface area contributed by atoms with E-state index in [0.717, 1.165) is 25.0 Å². The molecule has 0 saturated carbocycles. The van der Waals surface area contributed by atoms with Crippen molar-refractivity contribution < 1.29 is 14.6 Å². The zero-order valence-corrected chi connectivity index (χ0v) is 11.2. The van der Waals surface area contributed by atoms with Crippen LogP contribution >= 0.6 is 0 Å². The summed E-state index contributed by atoms with van der Waals surface area (Å²) in [5.74, 6) is -0.285. The largest absolute Gasteiger partial charge is 0.464 e. The number of nitrogens with zero attached hydrogens (tertiary/aromatic N) is 3. The van der Waals surface area contributed by atoms with Crippen molar-refractivity contribution in [2.75, 3.05) is 13.7 Å². The summed E-state index contributed by atoms with van der Waals surface area (Å²) in [6.07, 6.45) is 2.63. The monoisotopic (exact) mass is 255 g/mol. The molecule has 1 heterocycles. The highest BCUT2D eigenvalue weighted by Crippen LogP contribution is 2.18. The zero-order valence-electron chi connectivity index (χ0n) is 11.2. The first-order valence-corrected chi connectivity index (χ1v) is 6.24. The van der Waals surface area contributed by atoms with Crippen LogP contribution in [0.4, 0.5) is 0 Å². The average molecular weight is 255 g/mol. The zero-order chi connectivity index (χ0) is 13.5. The molecule has 0 aliphatic heterocycles. The molecule has 6 heteroatoms. The van der Waals surface area contributed by atoms with Gasteiger partial charge in [0.2, 0.25) is 0 Å². The van der Waals surface area contributed by atoms with Gasteiger partial charge in [-0.1, -0.05) is 19.1 Å². The number of hydrogen-bond donors (Lipinski definition) is 1. The highest BCUT2D eigenvalue weighted by molar-refractivity contribution is 5.88. The minimum absolute atomic E-state index is 0.159. The van der Waals surface area contributed by atoms with Crippen LogP contribution in [0.3, 0.4) is 0 Å². The Labute approximate surface area is 107 Å². The molecule has 0 spiro atoms. The van der Waals surface area contributed by atoms with Gasteiger partial charge in [0.1, 0.15) is 0 Å². The van der Waals surface area contributed by atoms with Crippen LogP contribution in [0.1, 0.15) is 55.2 Å². The lowest BCUT2D eigenvalue weighted by molar-refractivity contribution is 0.0592. The lowest BCUT2D eigenvalue weighted by Crippen LogP contribution is -2.11. The Morgan fingerprint density at radius 3 is 2.67 bits per heavy atom. The third kappa shape index (κ3) is 3.53. The SMILES string of the molecule is COC(=O)c1nnn(CCCCCO)c1C(C)C. The van der Waals surface area contributed by atoms with Crippen LogP contribution in [-0.2, 0) is 11.3 Å². The lowest BCUT2D eigenvalue weighted by Gasteiger charge is -2.10. The number of ether oxygens (including phenoxy) is 1. The molecule has 1 rings (SSSR count). The molecule has 0 saturated heterocycles. The molecule has 0 fully saturated rings. The number of methoxy groups -OCH3 is 1. The van der Waals surface area contributed by atoms with Crippen LogP contribution < -0.4 is 0 Å². The maximum atomic E-state index is 11.6. The van der Waals surface area contributed by atoms with Crippen molar-refractivity contribution in [3.63, 3.8) is 0 Å². The molecule has 0 amide bonds. The molecule has 6 nitrogen and oxygen atoms in total. The highest BCUT2D eigenvalue weighted by Gasteiger charge is 2.22. The summed E-state index contributed by atoms with van der Waals surface area (Å²) < 4.78 is 6.45. The predicted octanol–water partition coefficient (Wildman–Crippen LogP) is 1.35. The number of aromatic nitrogens is 3. The summed E-state index contributed by atoms with van der Waals surface area (Å²) in [7, 11) is 1.34. The van der Waals surface area contributed by atoms with Gasteiger partial charge in [0.15, 0.2) is 5.69 Å². The molecule has 18 heavy (non-hydrogen) atoms. The second-order valence-electron chi connectivity index (χ2n) is 4.48. The first-order chi connectivity index (χ1) is 8.61. The van der Waals surface area contributed by atoms with Gasteiger partial charge in [0.05, 0.1) is 12.8 Å². The number of carbonyl (C=O) groups excluding carboxylic acids is 1. The summed E-state index contributed by atoms with van der Waals surface area (Å²) in [5, 5.41) is 16.6. The molecule has 0 aromatic carbocycles. The molecule has 0 bridgehead atoms. The van der Waals surface area contributed by atoms with Crippen LogP contribution in [0.15, 0.2) is 0 Å². The van der Waals surface area contributed by atoms with Crippen LogP contribution in [-0.4, -0.2) is 39.8 Å². The van der Waals surface area contributed by atoms with E-state index in [1.165, 1.54) is 7.11 Å². The van der Waals surface area contributed by atoms with E-state index in [9.17, 15) is 4.79 Å². The van der Waals surface area contributed by atoms with Crippen LogP contribution in [0.5, 0.6) is 0 Å². The molecule has 0 unspecified atom stereocenters. The van der Waals surface area contributed by atoms with E-state index >= 15 is 0 Å². The van der Waals surface area contributed by atoms with Gasteiger partial charge in [0, 0.05) is 13.2 Å². The number of carbonyl (C=O) groups is 1. The van der Waals surface area contributed by atoms with E-state index in [0.29, 0.717) is 12.2 Å². The van der Waals surface area contributed by atoms with E-state index in [1.54, 1.807) is 4.68 Å². The second kappa shape index (κ2) is 7.10. The molecule has 1 aromatic rings. The first-order valence-electron chi connectivity index (χ1n) is 6.24. The fraction of sp³-hybridized carbons (Fsp3) is 0.750. The molecule has 1 N–H and O–H groups in total. The van der Waals surface area contributed by atoms with E-state index in [-0.39, 0.29) is 12.5 Å². The van der Waals surface area contributed by atoms with Crippen molar-refractivity contribution in [2.45, 2.75) is 45.6 Å². The van der Waals surface area contributed by atoms with Gasteiger partial charge < -0.3 is 9.84 Å². The summed E-state index contributed by atoms with van der Waals surface area (Å²) in [6, 6.07) is 0. The molecule has 102 valence electrons. The van der Waals surface area contributed by atoms with Crippen LogP contribution in [0.2, 0.25) is 0 Å². The number of hydrogen-bond acceptors (Lipinski definition) is 5. The lowest BCUT2D eigenvalue weighted by atomic mass is 10.1. The van der Waals surface area contributed by atoms with E-state index in [1.807, 2.05) is 13.8 Å². The Kier molecular flexibility index (Phi) is 5.77. The normalized spacial score (nSPS) is 10.9.